The summed E-state index contributed by atoms with van der Waals surface area (Å²) in [5, 5.41) is 0. The van der Waals surface area contributed by atoms with Crippen LogP contribution in [0.1, 0.15) is 34.1 Å². The predicted octanol–water partition coefficient (Wildman–Crippen LogP) is 3.24. The molecule has 0 bridgehead atoms. The van der Waals surface area contributed by atoms with Gasteiger partial charge in [-0.25, -0.2) is 0 Å². The lowest BCUT2D eigenvalue weighted by molar-refractivity contribution is 0.261. The summed E-state index contributed by atoms with van der Waals surface area (Å²) in [6.45, 7) is 9.31. The highest BCUT2D eigenvalue weighted by atomic mass is 14.4. The van der Waals surface area contributed by atoms with E-state index in [2.05, 4.69) is 39.8 Å². The van der Waals surface area contributed by atoms with Crippen LogP contribution in [0.15, 0.2) is 12.2 Å². The molecular weight excluding hydrogens is 120 g/mol. The molecule has 0 aliphatic heterocycles. The molecule has 10 heavy (non-hydrogen) atoms. The largest absolute Gasteiger partial charge is 0.0805 e. The van der Waals surface area contributed by atoms with Crippen LogP contribution in [0, 0.1) is 17.3 Å². The van der Waals surface area contributed by atoms with Gasteiger partial charge in [-0.2, -0.15) is 0 Å². The third-order valence-corrected chi connectivity index (χ3v) is 2.22. The van der Waals surface area contributed by atoms with Crippen molar-refractivity contribution in [2.75, 3.05) is 0 Å². The molecule has 1 aliphatic carbocycles. The monoisotopic (exact) mass is 138 g/mol. The molecule has 0 spiro atoms. The lowest BCUT2D eigenvalue weighted by Crippen LogP contribution is -2.17. The van der Waals surface area contributed by atoms with Gasteiger partial charge in [-0.1, -0.05) is 39.8 Å². The fraction of sp³-hybridized carbons (Fsp3) is 0.800. The zero-order valence-corrected chi connectivity index (χ0v) is 7.52. The van der Waals surface area contributed by atoms with Crippen LogP contribution in [0.3, 0.4) is 0 Å². The Bertz CT molecular complexity index is 134. The summed E-state index contributed by atoms with van der Waals surface area (Å²) in [5.41, 5.74) is 0.522. The summed E-state index contributed by atoms with van der Waals surface area (Å²) < 4.78 is 0. The van der Waals surface area contributed by atoms with Gasteiger partial charge in [0, 0.05) is 0 Å². The molecule has 0 amide bonds. The summed E-state index contributed by atoms with van der Waals surface area (Å²) in [4.78, 5) is 0. The van der Waals surface area contributed by atoms with Crippen molar-refractivity contribution in [2.24, 2.45) is 17.3 Å². The Morgan fingerprint density at radius 3 is 2.10 bits per heavy atom. The first kappa shape index (κ1) is 7.84. The maximum Gasteiger partial charge on any atom is -0.000171 e. The Balaban J connectivity index is 2.35. The molecule has 0 heterocycles. The van der Waals surface area contributed by atoms with Crippen molar-refractivity contribution >= 4 is 0 Å². The minimum absolute atomic E-state index is 0.522. The van der Waals surface area contributed by atoms with Crippen LogP contribution in [0.25, 0.3) is 0 Å². The normalized spacial score (nSPS) is 18.5. The van der Waals surface area contributed by atoms with Crippen molar-refractivity contribution < 1.29 is 0 Å². The molecule has 0 atom stereocenters. The summed E-state index contributed by atoms with van der Waals surface area (Å²) in [5.74, 6) is 1.63. The zero-order chi connectivity index (χ0) is 7.78. The SMILES string of the molecule is CC(C)CC(C)(C)C1C=C1. The topological polar surface area (TPSA) is 0 Å². The second kappa shape index (κ2) is 2.41. The van der Waals surface area contributed by atoms with Gasteiger partial charge in [-0.05, 0) is 23.7 Å². The van der Waals surface area contributed by atoms with Crippen LogP contribution < -0.4 is 0 Å². The van der Waals surface area contributed by atoms with Crippen molar-refractivity contribution in [3.8, 4) is 0 Å². The molecule has 1 rings (SSSR count). The second-order valence-corrected chi connectivity index (χ2v) is 4.50. The van der Waals surface area contributed by atoms with E-state index >= 15 is 0 Å². The smallest absolute Gasteiger partial charge is 0.000171 e. The van der Waals surface area contributed by atoms with Gasteiger partial charge in [0.1, 0.15) is 0 Å². The first-order valence-electron chi connectivity index (χ1n) is 4.21. The van der Waals surface area contributed by atoms with Gasteiger partial charge in [0.15, 0.2) is 0 Å². The standard InChI is InChI=1S/C10H18/c1-8(2)7-10(3,4)9-5-6-9/h5-6,8-9H,7H2,1-4H3. The van der Waals surface area contributed by atoms with E-state index in [0.717, 1.165) is 11.8 Å². The molecule has 0 saturated carbocycles. The second-order valence-electron chi connectivity index (χ2n) is 4.50. The molecule has 0 aromatic heterocycles. The van der Waals surface area contributed by atoms with Crippen molar-refractivity contribution in [3.63, 3.8) is 0 Å². The van der Waals surface area contributed by atoms with Gasteiger partial charge in [0.2, 0.25) is 0 Å². The Labute approximate surface area is 64.3 Å². The Morgan fingerprint density at radius 1 is 1.30 bits per heavy atom. The fourth-order valence-electron chi connectivity index (χ4n) is 1.76. The molecule has 0 aromatic carbocycles. The van der Waals surface area contributed by atoms with E-state index < -0.39 is 0 Å². The number of rotatable bonds is 3. The van der Waals surface area contributed by atoms with E-state index in [0.29, 0.717) is 5.41 Å². The zero-order valence-electron chi connectivity index (χ0n) is 7.52. The van der Waals surface area contributed by atoms with Crippen LogP contribution in [0.5, 0.6) is 0 Å². The van der Waals surface area contributed by atoms with Gasteiger partial charge >= 0.3 is 0 Å². The highest BCUT2D eigenvalue weighted by Gasteiger charge is 2.31. The van der Waals surface area contributed by atoms with Crippen LogP contribution >= 0.6 is 0 Å². The maximum absolute atomic E-state index is 2.36. The summed E-state index contributed by atoms with van der Waals surface area (Å²) in [6.07, 6.45) is 5.95. The van der Waals surface area contributed by atoms with Gasteiger partial charge in [0.25, 0.3) is 0 Å². The number of hydrogen-bond acceptors (Lipinski definition) is 0. The molecule has 1 aliphatic rings. The Morgan fingerprint density at radius 2 is 1.80 bits per heavy atom. The molecule has 0 fully saturated rings. The van der Waals surface area contributed by atoms with Gasteiger partial charge in [0.05, 0.1) is 0 Å². The van der Waals surface area contributed by atoms with E-state index in [-0.39, 0.29) is 0 Å². The van der Waals surface area contributed by atoms with Crippen molar-refractivity contribution in [3.05, 3.63) is 12.2 Å². The molecule has 0 nitrogen and oxygen atoms in total. The molecule has 0 N–H and O–H groups in total. The molecular formula is C10H18. The molecule has 0 aromatic rings. The Kier molecular flexibility index (Phi) is 1.89. The maximum atomic E-state index is 2.36. The van der Waals surface area contributed by atoms with Crippen LogP contribution in [0.2, 0.25) is 0 Å². The van der Waals surface area contributed by atoms with Gasteiger partial charge in [-0.3, -0.25) is 0 Å². The average molecular weight is 138 g/mol. The van der Waals surface area contributed by atoms with Crippen LogP contribution in [0.4, 0.5) is 0 Å². The molecule has 0 unspecified atom stereocenters. The molecule has 0 saturated heterocycles. The predicted molar refractivity (Wildman–Crippen MR) is 45.9 cm³/mol. The van der Waals surface area contributed by atoms with Crippen molar-refractivity contribution in [2.45, 2.75) is 34.1 Å². The quantitative estimate of drug-likeness (QED) is 0.525. The lowest BCUT2D eigenvalue weighted by atomic mass is 9.79. The highest BCUT2D eigenvalue weighted by molar-refractivity contribution is 5.18. The van der Waals surface area contributed by atoms with Crippen molar-refractivity contribution in [1.29, 1.82) is 0 Å². The van der Waals surface area contributed by atoms with Gasteiger partial charge in [-0.15, -0.1) is 0 Å². The van der Waals surface area contributed by atoms with E-state index in [1.165, 1.54) is 6.42 Å². The van der Waals surface area contributed by atoms with Crippen LogP contribution in [-0.2, 0) is 0 Å². The average Bonchev–Trinajstić information content (AvgIpc) is 2.35. The number of allylic oxidation sites excluding steroid dienone is 2. The summed E-state index contributed by atoms with van der Waals surface area (Å²) in [7, 11) is 0. The summed E-state index contributed by atoms with van der Waals surface area (Å²) in [6, 6.07) is 0. The third kappa shape index (κ3) is 1.86. The lowest BCUT2D eigenvalue weighted by Gasteiger charge is -2.26. The van der Waals surface area contributed by atoms with E-state index in [1.54, 1.807) is 0 Å². The first-order chi connectivity index (χ1) is 4.52. The first-order valence-corrected chi connectivity index (χ1v) is 4.21. The van der Waals surface area contributed by atoms with E-state index in [4.69, 9.17) is 0 Å². The molecule has 58 valence electrons. The number of hydrogen-bond donors (Lipinski definition) is 0. The minimum Gasteiger partial charge on any atom is -0.0805 e. The van der Waals surface area contributed by atoms with Crippen molar-refractivity contribution in [1.82, 2.24) is 0 Å². The highest BCUT2D eigenvalue weighted by Crippen LogP contribution is 2.41. The van der Waals surface area contributed by atoms with Gasteiger partial charge < -0.3 is 0 Å². The van der Waals surface area contributed by atoms with E-state index in [1.807, 2.05) is 0 Å². The molecule has 0 heteroatoms. The minimum atomic E-state index is 0.522. The molecule has 0 radical (unpaired) electrons. The fourth-order valence-corrected chi connectivity index (χ4v) is 1.76. The Hall–Kier alpha value is -0.260. The van der Waals surface area contributed by atoms with Crippen LogP contribution in [-0.4, -0.2) is 0 Å². The van der Waals surface area contributed by atoms with E-state index in [9.17, 15) is 0 Å². The third-order valence-electron chi connectivity index (χ3n) is 2.22. The summed E-state index contributed by atoms with van der Waals surface area (Å²) >= 11 is 0.